The van der Waals surface area contributed by atoms with Crippen molar-refractivity contribution in [3.05, 3.63) is 52.0 Å². The van der Waals surface area contributed by atoms with Gasteiger partial charge in [0.25, 0.3) is 0 Å². The Morgan fingerprint density at radius 2 is 1.71 bits per heavy atom. The number of thiophene rings is 1. The summed E-state index contributed by atoms with van der Waals surface area (Å²) >= 11 is 1.90. The smallest absolute Gasteiger partial charge is 0.0328 e. The SMILES string of the molecule is CN(Cc1ccncc1)Cc1ccc(CNC(C)(C)C)s1. The molecule has 0 atom stereocenters. The number of pyridine rings is 1. The average Bonchev–Trinajstić information content (AvgIpc) is 2.84. The molecular weight excluding hydrogens is 278 g/mol. The number of nitrogens with one attached hydrogen (secondary N) is 1. The fourth-order valence-electron chi connectivity index (χ4n) is 2.08. The maximum absolute atomic E-state index is 4.06. The van der Waals surface area contributed by atoms with Crippen LogP contribution >= 0.6 is 11.3 Å². The van der Waals surface area contributed by atoms with E-state index in [1.54, 1.807) is 0 Å². The van der Waals surface area contributed by atoms with Crippen molar-refractivity contribution in [2.75, 3.05) is 7.05 Å². The highest BCUT2D eigenvalue weighted by Crippen LogP contribution is 2.19. The number of aromatic nitrogens is 1. The summed E-state index contributed by atoms with van der Waals surface area (Å²) in [5.41, 5.74) is 1.47. The van der Waals surface area contributed by atoms with Gasteiger partial charge in [0, 0.05) is 47.3 Å². The molecule has 114 valence electrons. The van der Waals surface area contributed by atoms with E-state index in [1.807, 2.05) is 23.7 Å². The van der Waals surface area contributed by atoms with E-state index >= 15 is 0 Å². The van der Waals surface area contributed by atoms with E-state index in [-0.39, 0.29) is 5.54 Å². The van der Waals surface area contributed by atoms with E-state index in [2.05, 4.69) is 67.3 Å². The van der Waals surface area contributed by atoms with Gasteiger partial charge in [-0.1, -0.05) is 0 Å². The Balaban J connectivity index is 1.84. The molecule has 0 saturated carbocycles. The normalized spacial score (nSPS) is 12.0. The van der Waals surface area contributed by atoms with Gasteiger partial charge >= 0.3 is 0 Å². The van der Waals surface area contributed by atoms with Crippen LogP contribution in [0.5, 0.6) is 0 Å². The van der Waals surface area contributed by atoms with Gasteiger partial charge in [-0.25, -0.2) is 0 Å². The standard InChI is InChI=1S/C17H25N3S/c1-17(2,3)19-11-15-5-6-16(21-15)13-20(4)12-14-7-9-18-10-8-14/h5-10,19H,11-13H2,1-4H3. The van der Waals surface area contributed by atoms with Gasteiger partial charge in [0.05, 0.1) is 0 Å². The largest absolute Gasteiger partial charge is 0.307 e. The van der Waals surface area contributed by atoms with E-state index < -0.39 is 0 Å². The van der Waals surface area contributed by atoms with Crippen molar-refractivity contribution in [1.82, 2.24) is 15.2 Å². The first-order chi connectivity index (χ1) is 9.92. The average molecular weight is 303 g/mol. The van der Waals surface area contributed by atoms with Crippen molar-refractivity contribution in [2.24, 2.45) is 0 Å². The molecule has 0 saturated heterocycles. The molecule has 0 spiro atoms. The van der Waals surface area contributed by atoms with Crippen LogP contribution in [0.3, 0.4) is 0 Å². The second-order valence-corrected chi connectivity index (χ2v) is 7.75. The summed E-state index contributed by atoms with van der Waals surface area (Å²) < 4.78 is 0. The van der Waals surface area contributed by atoms with Gasteiger partial charge in [-0.3, -0.25) is 9.88 Å². The summed E-state index contributed by atoms with van der Waals surface area (Å²) in [6.07, 6.45) is 3.70. The molecule has 0 aliphatic rings. The van der Waals surface area contributed by atoms with Crippen molar-refractivity contribution >= 4 is 11.3 Å². The first kappa shape index (κ1) is 16.1. The van der Waals surface area contributed by atoms with E-state index in [9.17, 15) is 0 Å². The molecule has 0 radical (unpaired) electrons. The lowest BCUT2D eigenvalue weighted by atomic mass is 10.1. The zero-order chi connectivity index (χ0) is 15.3. The Kier molecular flexibility index (Phi) is 5.51. The van der Waals surface area contributed by atoms with Crippen LogP contribution in [-0.4, -0.2) is 22.5 Å². The number of nitrogens with zero attached hydrogens (tertiary/aromatic N) is 2. The van der Waals surface area contributed by atoms with Crippen molar-refractivity contribution in [1.29, 1.82) is 0 Å². The van der Waals surface area contributed by atoms with E-state index in [0.717, 1.165) is 19.6 Å². The summed E-state index contributed by atoms with van der Waals surface area (Å²) in [5, 5.41) is 3.53. The van der Waals surface area contributed by atoms with Crippen molar-refractivity contribution < 1.29 is 0 Å². The zero-order valence-corrected chi connectivity index (χ0v) is 14.2. The van der Waals surface area contributed by atoms with Crippen molar-refractivity contribution in [3.63, 3.8) is 0 Å². The third-order valence-corrected chi connectivity index (χ3v) is 4.21. The molecule has 21 heavy (non-hydrogen) atoms. The molecule has 1 N–H and O–H groups in total. The predicted molar refractivity (Wildman–Crippen MR) is 90.3 cm³/mol. The van der Waals surface area contributed by atoms with Gasteiger partial charge in [-0.05, 0) is 57.6 Å². The maximum Gasteiger partial charge on any atom is 0.0328 e. The predicted octanol–water partition coefficient (Wildman–Crippen LogP) is 3.66. The third-order valence-electron chi connectivity index (χ3n) is 3.14. The second kappa shape index (κ2) is 7.16. The monoisotopic (exact) mass is 303 g/mol. The fraction of sp³-hybridized carbons (Fsp3) is 0.471. The van der Waals surface area contributed by atoms with Crippen LogP contribution in [0.15, 0.2) is 36.7 Å². The molecule has 0 amide bonds. The molecule has 2 aromatic rings. The van der Waals surface area contributed by atoms with Crippen LogP contribution in [-0.2, 0) is 19.6 Å². The van der Waals surface area contributed by atoms with Crippen LogP contribution in [0.4, 0.5) is 0 Å². The van der Waals surface area contributed by atoms with Crippen LogP contribution in [0.25, 0.3) is 0 Å². The molecular formula is C17H25N3S. The number of rotatable bonds is 6. The van der Waals surface area contributed by atoms with Gasteiger partial charge in [0.1, 0.15) is 0 Å². The molecule has 0 fully saturated rings. The summed E-state index contributed by atoms with van der Waals surface area (Å²) in [6, 6.07) is 8.62. The molecule has 0 aromatic carbocycles. The second-order valence-electron chi connectivity index (χ2n) is 6.50. The Labute approximate surface area is 132 Å². The molecule has 0 unspecified atom stereocenters. The highest BCUT2D eigenvalue weighted by atomic mass is 32.1. The minimum atomic E-state index is 0.169. The third kappa shape index (κ3) is 5.96. The summed E-state index contributed by atoms with van der Waals surface area (Å²) in [6.45, 7) is 9.48. The Morgan fingerprint density at radius 3 is 2.38 bits per heavy atom. The van der Waals surface area contributed by atoms with Crippen LogP contribution in [0.2, 0.25) is 0 Å². The lowest BCUT2D eigenvalue weighted by Crippen LogP contribution is -2.34. The van der Waals surface area contributed by atoms with Gasteiger partial charge in [0.2, 0.25) is 0 Å². The topological polar surface area (TPSA) is 28.2 Å². The first-order valence-corrected chi connectivity index (χ1v) is 8.14. The Hall–Kier alpha value is -1.23. The molecule has 3 nitrogen and oxygen atoms in total. The lowest BCUT2D eigenvalue weighted by Gasteiger charge is -2.19. The summed E-state index contributed by atoms with van der Waals surface area (Å²) in [7, 11) is 2.16. The fourth-order valence-corrected chi connectivity index (χ4v) is 3.11. The quantitative estimate of drug-likeness (QED) is 0.882. The minimum absolute atomic E-state index is 0.169. The molecule has 0 aliphatic carbocycles. The van der Waals surface area contributed by atoms with Gasteiger partial charge in [0.15, 0.2) is 0 Å². The number of hydrogen-bond donors (Lipinski definition) is 1. The molecule has 2 heterocycles. The van der Waals surface area contributed by atoms with Crippen molar-refractivity contribution in [2.45, 2.75) is 45.9 Å². The van der Waals surface area contributed by atoms with Gasteiger partial charge < -0.3 is 5.32 Å². The van der Waals surface area contributed by atoms with E-state index in [4.69, 9.17) is 0 Å². The minimum Gasteiger partial charge on any atom is -0.307 e. The molecule has 0 aliphatic heterocycles. The van der Waals surface area contributed by atoms with Gasteiger partial charge in [-0.2, -0.15) is 0 Å². The van der Waals surface area contributed by atoms with Crippen molar-refractivity contribution in [3.8, 4) is 0 Å². The first-order valence-electron chi connectivity index (χ1n) is 7.32. The zero-order valence-electron chi connectivity index (χ0n) is 13.4. The molecule has 2 aromatic heterocycles. The highest BCUT2D eigenvalue weighted by molar-refractivity contribution is 7.11. The number of hydrogen-bond acceptors (Lipinski definition) is 4. The highest BCUT2D eigenvalue weighted by Gasteiger charge is 2.10. The lowest BCUT2D eigenvalue weighted by molar-refractivity contribution is 0.322. The van der Waals surface area contributed by atoms with Crippen LogP contribution < -0.4 is 5.32 Å². The maximum atomic E-state index is 4.06. The molecule has 2 rings (SSSR count). The van der Waals surface area contributed by atoms with Gasteiger partial charge in [-0.15, -0.1) is 11.3 Å². The van der Waals surface area contributed by atoms with Crippen LogP contribution in [0.1, 0.15) is 36.1 Å². The van der Waals surface area contributed by atoms with Crippen LogP contribution in [0, 0.1) is 0 Å². The van der Waals surface area contributed by atoms with E-state index in [1.165, 1.54) is 15.3 Å². The summed E-state index contributed by atoms with van der Waals surface area (Å²) in [5.74, 6) is 0. The van der Waals surface area contributed by atoms with E-state index in [0.29, 0.717) is 0 Å². The molecule has 4 heteroatoms. The Morgan fingerprint density at radius 1 is 1.05 bits per heavy atom. The summed E-state index contributed by atoms with van der Waals surface area (Å²) in [4.78, 5) is 9.21. The Bertz CT molecular complexity index is 543. The molecule has 0 bridgehead atoms.